The first-order valence-electron chi connectivity index (χ1n) is 9.88. The lowest BCUT2D eigenvalue weighted by Crippen LogP contribution is -2.45. The summed E-state index contributed by atoms with van der Waals surface area (Å²) >= 11 is 0.807. The molecule has 8 heteroatoms. The van der Waals surface area contributed by atoms with Crippen molar-refractivity contribution in [2.45, 2.75) is 26.2 Å². The molecule has 0 unspecified atom stereocenters. The summed E-state index contributed by atoms with van der Waals surface area (Å²) in [7, 11) is 1.44. The molecule has 0 spiro atoms. The second kappa shape index (κ2) is 9.38. The molecule has 0 atom stereocenters. The molecule has 1 aromatic carbocycles. The summed E-state index contributed by atoms with van der Waals surface area (Å²) in [6.07, 6.45) is 5.52. The first kappa shape index (κ1) is 22.0. The van der Waals surface area contributed by atoms with Gasteiger partial charge in [-0.15, -0.1) is 6.58 Å². The smallest absolute Gasteiger partial charge is 0.294 e. The Morgan fingerprint density at radius 1 is 1.33 bits per heavy atom. The van der Waals surface area contributed by atoms with Gasteiger partial charge in [-0.2, -0.15) is 0 Å². The second-order valence-corrected chi connectivity index (χ2v) is 8.55. The van der Waals surface area contributed by atoms with Crippen molar-refractivity contribution in [3.63, 3.8) is 0 Å². The number of imide groups is 1. The Hall–Kier alpha value is -2.74. The van der Waals surface area contributed by atoms with Crippen LogP contribution in [-0.4, -0.2) is 58.7 Å². The Balaban J connectivity index is 1.77. The minimum Gasteiger partial charge on any atom is -0.504 e. The van der Waals surface area contributed by atoms with Crippen molar-refractivity contribution < 1.29 is 24.2 Å². The van der Waals surface area contributed by atoms with Gasteiger partial charge in [-0.1, -0.05) is 13.0 Å². The zero-order chi connectivity index (χ0) is 21.8. The van der Waals surface area contributed by atoms with Gasteiger partial charge in [0, 0.05) is 18.7 Å². The Labute approximate surface area is 180 Å². The van der Waals surface area contributed by atoms with Crippen molar-refractivity contribution in [2.75, 3.05) is 26.7 Å². The van der Waals surface area contributed by atoms with Crippen LogP contribution in [0.1, 0.15) is 30.9 Å². The number of phenolic OH excluding ortho intramolecular Hbond substituents is 1. The highest BCUT2D eigenvalue weighted by Gasteiger charge is 2.37. The highest BCUT2D eigenvalue weighted by Crippen LogP contribution is 2.36. The number of amides is 3. The number of likely N-dealkylation sites (tertiary alicyclic amines) is 1. The fraction of sp³-hybridized carbons (Fsp3) is 0.409. The van der Waals surface area contributed by atoms with E-state index in [1.54, 1.807) is 29.2 Å². The topological polar surface area (TPSA) is 87.2 Å². The van der Waals surface area contributed by atoms with Gasteiger partial charge in [-0.25, -0.2) is 0 Å². The average molecular weight is 431 g/mol. The lowest BCUT2D eigenvalue weighted by molar-refractivity contribution is -0.136. The molecule has 2 saturated heterocycles. The van der Waals surface area contributed by atoms with Crippen LogP contribution in [0.4, 0.5) is 4.79 Å². The molecular formula is C22H26N2O5S. The van der Waals surface area contributed by atoms with Crippen LogP contribution in [0.15, 0.2) is 29.7 Å². The fourth-order valence-corrected chi connectivity index (χ4v) is 4.36. The fourth-order valence-electron chi connectivity index (χ4n) is 3.52. The Bertz CT molecular complexity index is 903. The molecule has 3 rings (SSSR count). The number of piperidine rings is 1. The number of methoxy groups -OCH3 is 1. The Morgan fingerprint density at radius 2 is 2.03 bits per heavy atom. The van der Waals surface area contributed by atoms with Crippen LogP contribution in [0, 0.1) is 5.92 Å². The van der Waals surface area contributed by atoms with Crippen molar-refractivity contribution in [3.8, 4) is 11.5 Å². The number of rotatable bonds is 6. The molecule has 30 heavy (non-hydrogen) atoms. The summed E-state index contributed by atoms with van der Waals surface area (Å²) in [5, 5.41) is 9.75. The minimum absolute atomic E-state index is 0.0177. The number of thioether (sulfide) groups is 1. The molecule has 0 bridgehead atoms. The lowest BCUT2D eigenvalue weighted by Gasteiger charge is -2.31. The van der Waals surface area contributed by atoms with E-state index in [1.165, 1.54) is 7.11 Å². The minimum atomic E-state index is -0.485. The molecule has 2 aliphatic rings. The third-order valence-electron chi connectivity index (χ3n) is 5.36. The molecule has 2 heterocycles. The van der Waals surface area contributed by atoms with Crippen molar-refractivity contribution in [3.05, 3.63) is 40.8 Å². The molecule has 2 aliphatic heterocycles. The molecule has 1 aromatic rings. The maximum atomic E-state index is 12.8. The van der Waals surface area contributed by atoms with E-state index in [0.29, 0.717) is 36.6 Å². The van der Waals surface area contributed by atoms with Gasteiger partial charge < -0.3 is 14.7 Å². The average Bonchev–Trinajstić information content (AvgIpc) is 2.98. The molecule has 0 saturated carbocycles. The third kappa shape index (κ3) is 4.70. The van der Waals surface area contributed by atoms with Crippen LogP contribution in [0.2, 0.25) is 0 Å². The summed E-state index contributed by atoms with van der Waals surface area (Å²) in [5.74, 6) is 0.187. The van der Waals surface area contributed by atoms with E-state index < -0.39 is 11.1 Å². The number of carbonyl (C=O) groups excluding carboxylic acids is 3. The van der Waals surface area contributed by atoms with Gasteiger partial charge in [0.2, 0.25) is 5.91 Å². The highest BCUT2D eigenvalue weighted by molar-refractivity contribution is 8.18. The van der Waals surface area contributed by atoms with Crippen molar-refractivity contribution >= 4 is 34.9 Å². The first-order chi connectivity index (χ1) is 14.3. The monoisotopic (exact) mass is 430 g/mol. The van der Waals surface area contributed by atoms with Gasteiger partial charge >= 0.3 is 0 Å². The molecular weight excluding hydrogens is 404 g/mol. The molecule has 2 fully saturated rings. The van der Waals surface area contributed by atoms with Gasteiger partial charge in [-0.05, 0) is 60.7 Å². The molecule has 0 aromatic heterocycles. The SMILES string of the molecule is C=CCc1cc(C=C2SC(=O)N(CC(=O)N3CCC(C)CC3)C2=O)cc(OC)c1O. The maximum Gasteiger partial charge on any atom is 0.294 e. The maximum absolute atomic E-state index is 12.8. The number of benzene rings is 1. The molecule has 1 N–H and O–H groups in total. The second-order valence-electron chi connectivity index (χ2n) is 7.55. The van der Waals surface area contributed by atoms with E-state index in [2.05, 4.69) is 13.5 Å². The van der Waals surface area contributed by atoms with E-state index in [9.17, 15) is 19.5 Å². The van der Waals surface area contributed by atoms with Gasteiger partial charge in [0.1, 0.15) is 6.54 Å². The molecule has 0 radical (unpaired) electrons. The van der Waals surface area contributed by atoms with E-state index in [1.807, 2.05) is 0 Å². The van der Waals surface area contributed by atoms with E-state index in [-0.39, 0.29) is 28.9 Å². The van der Waals surface area contributed by atoms with Gasteiger partial charge in [0.15, 0.2) is 11.5 Å². The number of ether oxygens (including phenoxy) is 1. The summed E-state index contributed by atoms with van der Waals surface area (Å²) in [4.78, 5) is 40.7. The van der Waals surface area contributed by atoms with Crippen LogP contribution in [0.25, 0.3) is 6.08 Å². The number of aromatic hydroxyl groups is 1. The zero-order valence-electron chi connectivity index (χ0n) is 17.2. The number of allylic oxidation sites excluding steroid dienone is 1. The van der Waals surface area contributed by atoms with Gasteiger partial charge in [0.25, 0.3) is 11.1 Å². The molecule has 160 valence electrons. The van der Waals surface area contributed by atoms with Crippen molar-refractivity contribution in [2.24, 2.45) is 5.92 Å². The van der Waals surface area contributed by atoms with Crippen molar-refractivity contribution in [1.82, 2.24) is 9.80 Å². The van der Waals surface area contributed by atoms with E-state index in [0.717, 1.165) is 29.5 Å². The highest BCUT2D eigenvalue weighted by atomic mass is 32.2. The van der Waals surface area contributed by atoms with Crippen LogP contribution in [0.3, 0.4) is 0 Å². The van der Waals surface area contributed by atoms with Gasteiger partial charge in [-0.3, -0.25) is 19.3 Å². The third-order valence-corrected chi connectivity index (χ3v) is 6.27. The largest absolute Gasteiger partial charge is 0.504 e. The molecule has 0 aliphatic carbocycles. The van der Waals surface area contributed by atoms with Crippen LogP contribution >= 0.6 is 11.8 Å². The molecule has 3 amide bonds. The number of nitrogens with zero attached hydrogens (tertiary/aromatic N) is 2. The van der Waals surface area contributed by atoms with Crippen molar-refractivity contribution in [1.29, 1.82) is 0 Å². The standard InChI is InChI=1S/C22H26N2O5S/c1-4-5-16-10-15(11-17(29-3)20(16)26)12-18-21(27)24(22(28)30-18)13-19(25)23-8-6-14(2)7-9-23/h4,10-12,14,26H,1,5-9,13H2,2-3H3. The zero-order valence-corrected chi connectivity index (χ0v) is 18.0. The Kier molecular flexibility index (Phi) is 6.87. The molecule has 7 nitrogen and oxygen atoms in total. The number of hydrogen-bond donors (Lipinski definition) is 1. The quantitative estimate of drug-likeness (QED) is 0.550. The van der Waals surface area contributed by atoms with Crippen LogP contribution < -0.4 is 4.74 Å². The summed E-state index contributed by atoms with van der Waals surface area (Å²) in [6.45, 7) is 6.91. The summed E-state index contributed by atoms with van der Waals surface area (Å²) in [5.41, 5.74) is 1.22. The van der Waals surface area contributed by atoms with Gasteiger partial charge in [0.05, 0.1) is 12.0 Å². The Morgan fingerprint density at radius 3 is 2.67 bits per heavy atom. The predicted octanol–water partition coefficient (Wildman–Crippen LogP) is 3.42. The summed E-state index contributed by atoms with van der Waals surface area (Å²) < 4.78 is 5.20. The number of phenols is 1. The first-order valence-corrected chi connectivity index (χ1v) is 10.7. The lowest BCUT2D eigenvalue weighted by atomic mass is 9.99. The van der Waals surface area contributed by atoms with E-state index in [4.69, 9.17) is 4.74 Å². The van der Waals surface area contributed by atoms with E-state index >= 15 is 0 Å². The van der Waals surface area contributed by atoms with Crippen LogP contribution in [-0.2, 0) is 16.0 Å². The number of carbonyl (C=O) groups is 3. The predicted molar refractivity (Wildman–Crippen MR) is 116 cm³/mol. The normalized spacial score (nSPS) is 18.9. The number of hydrogen-bond acceptors (Lipinski definition) is 6. The summed E-state index contributed by atoms with van der Waals surface area (Å²) in [6, 6.07) is 3.31. The van der Waals surface area contributed by atoms with Crippen LogP contribution in [0.5, 0.6) is 11.5 Å².